The van der Waals surface area contributed by atoms with Crippen LogP contribution in [0.5, 0.6) is 0 Å². The van der Waals surface area contributed by atoms with Gasteiger partial charge in [0.15, 0.2) is 0 Å². The fraction of sp³-hybridized carbons (Fsp3) is 1.00. The Kier molecular flexibility index (Phi) is 3.53. The van der Waals surface area contributed by atoms with Gasteiger partial charge in [-0.05, 0) is 33.6 Å². The van der Waals surface area contributed by atoms with E-state index >= 15 is 0 Å². The molecule has 1 fully saturated rings. The summed E-state index contributed by atoms with van der Waals surface area (Å²) in [5, 5.41) is 0. The molecule has 0 bridgehead atoms. The lowest BCUT2D eigenvalue weighted by Gasteiger charge is -2.48. The average Bonchev–Trinajstić information content (AvgIpc) is 2.02. The Morgan fingerprint density at radius 3 is 2.58 bits per heavy atom. The molecule has 1 heterocycles. The normalized spacial score (nSPS) is 22.2. The average molecular weight is 171 g/mol. The van der Waals surface area contributed by atoms with Gasteiger partial charge in [0.05, 0.1) is 0 Å². The van der Waals surface area contributed by atoms with Crippen LogP contribution in [-0.2, 0) is 4.74 Å². The number of nitrogens with zero attached hydrogens (tertiary/aromatic N) is 1. The summed E-state index contributed by atoms with van der Waals surface area (Å²) in [6.45, 7) is 10.9. The van der Waals surface area contributed by atoms with Gasteiger partial charge in [-0.3, -0.25) is 4.90 Å². The topological polar surface area (TPSA) is 12.5 Å². The first-order chi connectivity index (χ1) is 5.67. The molecule has 2 nitrogen and oxygen atoms in total. The van der Waals surface area contributed by atoms with Gasteiger partial charge in [-0.25, -0.2) is 0 Å². The molecule has 0 aromatic carbocycles. The van der Waals surface area contributed by atoms with Crippen LogP contribution in [0.25, 0.3) is 0 Å². The third-order valence-corrected chi connectivity index (χ3v) is 2.77. The van der Waals surface area contributed by atoms with Crippen molar-refractivity contribution in [1.29, 1.82) is 0 Å². The molecule has 1 rings (SSSR count). The molecule has 1 aliphatic rings. The number of hydrogen-bond acceptors (Lipinski definition) is 2. The molecule has 0 N–H and O–H groups in total. The first kappa shape index (κ1) is 10.0. The van der Waals surface area contributed by atoms with E-state index in [-0.39, 0.29) is 0 Å². The van der Waals surface area contributed by atoms with Crippen molar-refractivity contribution in [2.24, 2.45) is 0 Å². The van der Waals surface area contributed by atoms with Crippen LogP contribution < -0.4 is 0 Å². The van der Waals surface area contributed by atoms with E-state index in [0.29, 0.717) is 5.54 Å². The number of ether oxygens (including phenoxy) is 1. The quantitative estimate of drug-likeness (QED) is 0.586. The standard InChI is InChI=1S/C10H21NO/c1-4-12-9-5-7-11-8-6-10(11,2)3/h4-9H2,1-3H3. The Hall–Kier alpha value is -0.0800. The lowest BCUT2D eigenvalue weighted by atomic mass is 9.89. The summed E-state index contributed by atoms with van der Waals surface area (Å²) in [4.78, 5) is 2.53. The fourth-order valence-electron chi connectivity index (χ4n) is 1.63. The molecule has 0 unspecified atom stereocenters. The van der Waals surface area contributed by atoms with Crippen molar-refractivity contribution < 1.29 is 4.74 Å². The van der Waals surface area contributed by atoms with Crippen LogP contribution in [-0.4, -0.2) is 36.7 Å². The van der Waals surface area contributed by atoms with Crippen LogP contribution in [0.4, 0.5) is 0 Å². The van der Waals surface area contributed by atoms with Crippen molar-refractivity contribution >= 4 is 0 Å². The lowest BCUT2D eigenvalue weighted by Crippen LogP contribution is -2.55. The second-order valence-corrected chi connectivity index (χ2v) is 4.10. The Morgan fingerprint density at radius 2 is 2.17 bits per heavy atom. The summed E-state index contributed by atoms with van der Waals surface area (Å²) in [6.07, 6.45) is 2.53. The molecular formula is C10H21NO. The van der Waals surface area contributed by atoms with Gasteiger partial charge in [0.25, 0.3) is 0 Å². The molecule has 2 heteroatoms. The Labute approximate surface area is 75.9 Å². The summed E-state index contributed by atoms with van der Waals surface area (Å²) in [5.74, 6) is 0. The fourth-order valence-corrected chi connectivity index (χ4v) is 1.63. The van der Waals surface area contributed by atoms with Crippen LogP contribution >= 0.6 is 0 Å². The van der Waals surface area contributed by atoms with Gasteiger partial charge in [-0.1, -0.05) is 0 Å². The number of rotatable bonds is 5. The first-order valence-corrected chi connectivity index (χ1v) is 4.99. The largest absolute Gasteiger partial charge is 0.382 e. The predicted octanol–water partition coefficient (Wildman–Crippen LogP) is 1.90. The molecule has 1 aliphatic heterocycles. The minimum Gasteiger partial charge on any atom is -0.382 e. The zero-order valence-electron chi connectivity index (χ0n) is 8.60. The molecule has 0 aromatic heterocycles. The van der Waals surface area contributed by atoms with Gasteiger partial charge in [0, 0.05) is 31.8 Å². The highest BCUT2D eigenvalue weighted by Crippen LogP contribution is 2.28. The third kappa shape index (κ3) is 2.46. The van der Waals surface area contributed by atoms with Crippen molar-refractivity contribution in [1.82, 2.24) is 4.90 Å². The predicted molar refractivity (Wildman–Crippen MR) is 51.4 cm³/mol. The molecule has 0 aromatic rings. The van der Waals surface area contributed by atoms with Gasteiger partial charge in [-0.15, -0.1) is 0 Å². The van der Waals surface area contributed by atoms with Crippen molar-refractivity contribution in [2.45, 2.75) is 39.2 Å². The molecule has 0 atom stereocenters. The minimum atomic E-state index is 0.464. The van der Waals surface area contributed by atoms with Gasteiger partial charge >= 0.3 is 0 Å². The van der Waals surface area contributed by atoms with Gasteiger partial charge in [0.2, 0.25) is 0 Å². The van der Waals surface area contributed by atoms with Gasteiger partial charge in [0.1, 0.15) is 0 Å². The minimum absolute atomic E-state index is 0.464. The maximum absolute atomic E-state index is 5.29. The van der Waals surface area contributed by atoms with Gasteiger partial charge < -0.3 is 4.74 Å². The van der Waals surface area contributed by atoms with E-state index in [2.05, 4.69) is 18.7 Å². The van der Waals surface area contributed by atoms with Crippen LogP contribution in [0, 0.1) is 0 Å². The molecule has 12 heavy (non-hydrogen) atoms. The van der Waals surface area contributed by atoms with Crippen molar-refractivity contribution in [3.63, 3.8) is 0 Å². The molecule has 72 valence electrons. The number of hydrogen-bond donors (Lipinski definition) is 0. The Morgan fingerprint density at radius 1 is 1.42 bits per heavy atom. The zero-order valence-corrected chi connectivity index (χ0v) is 8.60. The van der Waals surface area contributed by atoms with E-state index < -0.39 is 0 Å². The molecular weight excluding hydrogens is 150 g/mol. The molecule has 0 radical (unpaired) electrons. The van der Waals surface area contributed by atoms with E-state index in [0.717, 1.165) is 13.2 Å². The molecule has 0 spiro atoms. The van der Waals surface area contributed by atoms with Crippen LogP contribution in [0.2, 0.25) is 0 Å². The smallest absolute Gasteiger partial charge is 0.0478 e. The molecule has 0 amide bonds. The summed E-state index contributed by atoms with van der Waals surface area (Å²) in [6, 6.07) is 0. The van der Waals surface area contributed by atoms with Gasteiger partial charge in [-0.2, -0.15) is 0 Å². The zero-order chi connectivity index (χ0) is 9.03. The molecule has 1 saturated heterocycles. The maximum Gasteiger partial charge on any atom is 0.0478 e. The van der Waals surface area contributed by atoms with E-state index in [1.165, 1.54) is 25.9 Å². The van der Waals surface area contributed by atoms with Crippen molar-refractivity contribution in [3.05, 3.63) is 0 Å². The SMILES string of the molecule is CCOCCCN1CCC1(C)C. The van der Waals surface area contributed by atoms with Crippen molar-refractivity contribution in [3.8, 4) is 0 Å². The summed E-state index contributed by atoms with van der Waals surface area (Å²) < 4.78 is 5.29. The van der Waals surface area contributed by atoms with E-state index in [4.69, 9.17) is 4.74 Å². The van der Waals surface area contributed by atoms with Crippen LogP contribution in [0.15, 0.2) is 0 Å². The van der Waals surface area contributed by atoms with E-state index in [9.17, 15) is 0 Å². The first-order valence-electron chi connectivity index (χ1n) is 4.99. The maximum atomic E-state index is 5.29. The van der Waals surface area contributed by atoms with E-state index in [1.807, 2.05) is 6.92 Å². The second-order valence-electron chi connectivity index (χ2n) is 4.10. The van der Waals surface area contributed by atoms with E-state index in [1.54, 1.807) is 0 Å². The summed E-state index contributed by atoms with van der Waals surface area (Å²) >= 11 is 0. The Balaban J connectivity index is 2.01. The van der Waals surface area contributed by atoms with Crippen LogP contribution in [0.3, 0.4) is 0 Å². The second kappa shape index (κ2) is 4.24. The highest BCUT2D eigenvalue weighted by Gasteiger charge is 2.34. The summed E-state index contributed by atoms with van der Waals surface area (Å²) in [5.41, 5.74) is 0.464. The highest BCUT2D eigenvalue weighted by molar-refractivity contribution is 4.91. The van der Waals surface area contributed by atoms with Crippen LogP contribution in [0.1, 0.15) is 33.6 Å². The summed E-state index contributed by atoms with van der Waals surface area (Å²) in [7, 11) is 0. The molecule has 0 saturated carbocycles. The monoisotopic (exact) mass is 171 g/mol. The number of likely N-dealkylation sites (tertiary alicyclic amines) is 1. The lowest BCUT2D eigenvalue weighted by molar-refractivity contribution is 0.00743. The molecule has 0 aliphatic carbocycles. The van der Waals surface area contributed by atoms with Crippen molar-refractivity contribution in [2.75, 3.05) is 26.3 Å². The third-order valence-electron chi connectivity index (χ3n) is 2.77. The highest BCUT2D eigenvalue weighted by atomic mass is 16.5. The Bertz CT molecular complexity index is 134.